The Morgan fingerprint density at radius 1 is 0.960 bits per heavy atom. The maximum absolute atomic E-state index is 13.1. The van der Waals surface area contributed by atoms with Gasteiger partial charge in [0.25, 0.3) is 0 Å². The first-order chi connectivity index (χ1) is 12.0. The number of nitrogens with zero attached hydrogens (tertiary/aromatic N) is 1. The van der Waals surface area contributed by atoms with E-state index in [2.05, 4.69) is 20.9 Å². The molecular weight excluding hydrogens is 378 g/mol. The average molecular weight is 392 g/mol. The van der Waals surface area contributed by atoms with Gasteiger partial charge in [0.2, 0.25) is 0 Å². The quantitative estimate of drug-likeness (QED) is 0.439. The summed E-state index contributed by atoms with van der Waals surface area (Å²) in [6.45, 7) is 3.34. The maximum Gasteiger partial charge on any atom is 0.196 e. The van der Waals surface area contributed by atoms with E-state index in [-0.39, 0.29) is 11.6 Å². The smallest absolute Gasteiger partial charge is 0.196 e. The molecule has 0 spiro atoms. The number of carbonyl (C=O) groups excluding carboxylic acids is 2. The zero-order valence-corrected chi connectivity index (χ0v) is 15.3. The highest BCUT2D eigenvalue weighted by atomic mass is 79.9. The Morgan fingerprint density at radius 3 is 2.24 bits per heavy atom. The molecule has 1 aromatic heterocycles. The van der Waals surface area contributed by atoms with Gasteiger partial charge < -0.3 is 0 Å². The summed E-state index contributed by atoms with van der Waals surface area (Å²) in [6.07, 6.45) is 0. The Hall–Kier alpha value is -2.59. The van der Waals surface area contributed by atoms with Crippen LogP contribution in [0.15, 0.2) is 53.0 Å². The number of rotatable bonds is 2. The molecule has 3 aromatic rings. The third-order valence-corrected chi connectivity index (χ3v) is 5.05. The zero-order valence-electron chi connectivity index (χ0n) is 13.8. The van der Waals surface area contributed by atoms with Crippen LogP contribution in [-0.4, -0.2) is 16.6 Å². The second kappa shape index (κ2) is 5.74. The number of aromatic nitrogens is 1. The van der Waals surface area contributed by atoms with Crippen LogP contribution in [0, 0.1) is 6.92 Å². The second-order valence-corrected chi connectivity index (χ2v) is 7.02. The number of carbonyl (C=O) groups is 2. The molecule has 3 nitrogen and oxygen atoms in total. The van der Waals surface area contributed by atoms with Gasteiger partial charge in [-0.3, -0.25) is 14.6 Å². The molecule has 4 rings (SSSR count). The van der Waals surface area contributed by atoms with E-state index in [1.54, 1.807) is 0 Å². The van der Waals surface area contributed by atoms with Gasteiger partial charge in [-0.25, -0.2) is 0 Å². The Kier molecular flexibility index (Phi) is 3.65. The number of ketones is 2. The summed E-state index contributed by atoms with van der Waals surface area (Å²) in [5.74, 6) is -0.159. The number of Topliss-reactive ketones (excluding diaryl/α,β-unsaturated/α-hetero) is 1. The third kappa shape index (κ3) is 2.36. The Labute approximate surface area is 153 Å². The summed E-state index contributed by atoms with van der Waals surface area (Å²) in [6, 6.07) is 15.1. The first-order valence-corrected chi connectivity index (χ1v) is 8.74. The summed E-state index contributed by atoms with van der Waals surface area (Å²) in [5, 5.41) is 0. The number of fused-ring (bicyclic) bond motifs is 3. The van der Waals surface area contributed by atoms with Crippen molar-refractivity contribution in [2.24, 2.45) is 0 Å². The fraction of sp³-hybridized carbons (Fsp3) is 0.0952. The van der Waals surface area contributed by atoms with Gasteiger partial charge in [0.05, 0.1) is 11.3 Å². The van der Waals surface area contributed by atoms with Gasteiger partial charge >= 0.3 is 0 Å². The van der Waals surface area contributed by atoms with Crippen LogP contribution < -0.4 is 0 Å². The average Bonchev–Trinajstić information content (AvgIpc) is 2.87. The summed E-state index contributed by atoms with van der Waals surface area (Å²) in [7, 11) is 0. The summed E-state index contributed by atoms with van der Waals surface area (Å²) < 4.78 is 0.942. The van der Waals surface area contributed by atoms with Gasteiger partial charge in [-0.2, -0.15) is 0 Å². The molecule has 1 heterocycles. The molecule has 1 aliphatic carbocycles. The van der Waals surface area contributed by atoms with E-state index in [9.17, 15) is 9.59 Å². The van der Waals surface area contributed by atoms with Crippen LogP contribution >= 0.6 is 15.9 Å². The number of hydrogen-bond acceptors (Lipinski definition) is 3. The van der Waals surface area contributed by atoms with E-state index in [4.69, 9.17) is 0 Å². The first kappa shape index (κ1) is 15.9. The van der Waals surface area contributed by atoms with E-state index in [0.29, 0.717) is 33.6 Å². The molecule has 0 N–H and O–H groups in total. The molecule has 1 aliphatic rings. The lowest BCUT2D eigenvalue weighted by Crippen LogP contribution is -2.09. The molecule has 122 valence electrons. The molecule has 25 heavy (non-hydrogen) atoms. The third-order valence-electron chi connectivity index (χ3n) is 4.52. The number of halogens is 1. The van der Waals surface area contributed by atoms with Gasteiger partial charge in [-0.1, -0.05) is 52.3 Å². The van der Waals surface area contributed by atoms with E-state index < -0.39 is 0 Å². The number of pyridine rings is 1. The highest BCUT2D eigenvalue weighted by molar-refractivity contribution is 9.10. The van der Waals surface area contributed by atoms with Gasteiger partial charge in [0, 0.05) is 32.4 Å². The summed E-state index contributed by atoms with van der Waals surface area (Å²) in [5.41, 5.74) is 5.36. The Bertz CT molecular complexity index is 1050. The van der Waals surface area contributed by atoms with Crippen LogP contribution in [0.5, 0.6) is 0 Å². The summed E-state index contributed by atoms with van der Waals surface area (Å²) >= 11 is 3.43. The Balaban J connectivity index is 2.13. The largest absolute Gasteiger partial charge is 0.294 e. The Morgan fingerprint density at radius 2 is 1.60 bits per heavy atom. The molecule has 2 aromatic carbocycles. The van der Waals surface area contributed by atoms with Crippen LogP contribution in [-0.2, 0) is 0 Å². The van der Waals surface area contributed by atoms with E-state index in [1.807, 2.05) is 55.5 Å². The predicted molar refractivity (Wildman–Crippen MR) is 101 cm³/mol. The minimum atomic E-state index is -0.0884. The minimum Gasteiger partial charge on any atom is -0.294 e. The summed E-state index contributed by atoms with van der Waals surface area (Å²) in [4.78, 5) is 30.0. The van der Waals surface area contributed by atoms with Crippen molar-refractivity contribution in [2.45, 2.75) is 13.8 Å². The lowest BCUT2D eigenvalue weighted by molar-refractivity contribution is 0.101. The van der Waals surface area contributed by atoms with Crippen LogP contribution in [0.25, 0.3) is 22.4 Å². The maximum atomic E-state index is 13.1. The second-order valence-electron chi connectivity index (χ2n) is 6.11. The van der Waals surface area contributed by atoms with E-state index in [0.717, 1.165) is 15.6 Å². The zero-order chi connectivity index (χ0) is 17.7. The van der Waals surface area contributed by atoms with Crippen molar-refractivity contribution >= 4 is 27.5 Å². The van der Waals surface area contributed by atoms with Crippen molar-refractivity contribution in [2.75, 3.05) is 0 Å². The van der Waals surface area contributed by atoms with Crippen molar-refractivity contribution in [1.29, 1.82) is 0 Å². The monoisotopic (exact) mass is 391 g/mol. The highest BCUT2D eigenvalue weighted by Gasteiger charge is 2.33. The predicted octanol–water partition coefficient (Wildman–Crippen LogP) is 5.23. The molecule has 4 heteroatoms. The normalized spacial score (nSPS) is 12.0. The van der Waals surface area contributed by atoms with Crippen molar-refractivity contribution in [3.63, 3.8) is 0 Å². The van der Waals surface area contributed by atoms with Gasteiger partial charge in [0.1, 0.15) is 0 Å². The van der Waals surface area contributed by atoms with E-state index >= 15 is 0 Å². The fourth-order valence-corrected chi connectivity index (χ4v) is 3.74. The SMILES string of the molecule is CC(=O)c1c(C)nc2c(c1-c1ccc(Br)cc1)C(=O)c1ccccc1-2. The van der Waals surface area contributed by atoms with Crippen LogP contribution in [0.1, 0.15) is 38.9 Å². The molecule has 0 unspecified atom stereocenters. The van der Waals surface area contributed by atoms with Crippen LogP contribution in [0.4, 0.5) is 0 Å². The topological polar surface area (TPSA) is 47.0 Å². The van der Waals surface area contributed by atoms with Gasteiger partial charge in [-0.15, -0.1) is 0 Å². The highest BCUT2D eigenvalue weighted by Crippen LogP contribution is 2.43. The molecule has 0 saturated carbocycles. The van der Waals surface area contributed by atoms with Crippen LogP contribution in [0.2, 0.25) is 0 Å². The van der Waals surface area contributed by atoms with Crippen molar-refractivity contribution in [3.8, 4) is 22.4 Å². The van der Waals surface area contributed by atoms with Crippen molar-refractivity contribution in [1.82, 2.24) is 4.98 Å². The van der Waals surface area contributed by atoms with Crippen molar-refractivity contribution < 1.29 is 9.59 Å². The lowest BCUT2D eigenvalue weighted by atomic mass is 9.90. The molecule has 0 radical (unpaired) electrons. The molecule has 0 bridgehead atoms. The van der Waals surface area contributed by atoms with Gasteiger partial charge in [0.15, 0.2) is 11.6 Å². The molecule has 0 saturated heterocycles. The van der Waals surface area contributed by atoms with E-state index in [1.165, 1.54) is 6.92 Å². The fourth-order valence-electron chi connectivity index (χ4n) is 3.48. The molecule has 0 fully saturated rings. The molecule has 0 aliphatic heterocycles. The molecular formula is C21H14BrNO2. The lowest BCUT2D eigenvalue weighted by Gasteiger charge is -2.15. The number of aryl methyl sites for hydroxylation is 1. The minimum absolute atomic E-state index is 0.0708. The first-order valence-electron chi connectivity index (χ1n) is 7.94. The van der Waals surface area contributed by atoms with Crippen molar-refractivity contribution in [3.05, 3.63) is 75.4 Å². The standard InChI is InChI=1S/C21H14BrNO2/c1-11-17(12(2)24)18(13-7-9-14(22)10-8-13)19-20(23-11)15-5-3-4-6-16(15)21(19)25/h3-10H,1-2H3. The van der Waals surface area contributed by atoms with Gasteiger partial charge in [-0.05, 0) is 31.5 Å². The molecule has 0 atom stereocenters. The number of hydrogen-bond donors (Lipinski definition) is 0. The molecule has 0 amide bonds. The van der Waals surface area contributed by atoms with Crippen LogP contribution in [0.3, 0.4) is 0 Å². The number of benzene rings is 2.